The molecule has 10 heteroatoms. The predicted octanol–water partition coefficient (Wildman–Crippen LogP) is 2.98. The maximum Gasteiger partial charge on any atom is 0.270 e. The summed E-state index contributed by atoms with van der Waals surface area (Å²) in [4.78, 5) is 50.5. The number of amides is 2. The number of likely N-dealkylation sites (N-methyl/N-ethyl adjacent to an activating group) is 1. The number of hydrogen-bond acceptors (Lipinski definition) is 7. The summed E-state index contributed by atoms with van der Waals surface area (Å²) in [6.45, 7) is 7.31. The minimum Gasteiger partial charge on any atom is -0.299 e. The van der Waals surface area contributed by atoms with Gasteiger partial charge >= 0.3 is 0 Å². The van der Waals surface area contributed by atoms with Gasteiger partial charge in [0.15, 0.2) is 0 Å². The minimum absolute atomic E-state index is 0.00504. The summed E-state index contributed by atoms with van der Waals surface area (Å²) in [6.07, 6.45) is 0. The standard InChI is InChI=1S/C19H20N4O6/c1-4-20(5-2)11(3)10-21-18(24)15-8-13(22(26)27)6-12-7-14(23(28)29)9-16(17(12)15)19(21)25/h6-9,11H,4-5,10H2,1-3H3. The number of nitro groups is 2. The van der Waals surface area contributed by atoms with Gasteiger partial charge in [-0.2, -0.15) is 0 Å². The van der Waals surface area contributed by atoms with Crippen LogP contribution in [-0.2, 0) is 0 Å². The van der Waals surface area contributed by atoms with Gasteiger partial charge in [0.05, 0.1) is 21.0 Å². The molecule has 0 N–H and O–H groups in total. The van der Waals surface area contributed by atoms with E-state index in [-0.39, 0.29) is 45.9 Å². The number of carbonyl (C=O) groups is 2. The Hall–Kier alpha value is -3.40. The Morgan fingerprint density at radius 1 is 0.931 bits per heavy atom. The van der Waals surface area contributed by atoms with Crippen LogP contribution in [0.3, 0.4) is 0 Å². The van der Waals surface area contributed by atoms with Gasteiger partial charge in [-0.1, -0.05) is 13.8 Å². The fourth-order valence-corrected chi connectivity index (χ4v) is 3.81. The number of imide groups is 1. The van der Waals surface area contributed by atoms with E-state index >= 15 is 0 Å². The molecular weight excluding hydrogens is 380 g/mol. The highest BCUT2D eigenvalue weighted by Crippen LogP contribution is 2.36. The van der Waals surface area contributed by atoms with E-state index in [9.17, 15) is 29.8 Å². The van der Waals surface area contributed by atoms with E-state index in [1.54, 1.807) is 0 Å². The van der Waals surface area contributed by atoms with E-state index in [2.05, 4.69) is 4.90 Å². The summed E-state index contributed by atoms with van der Waals surface area (Å²) in [7, 11) is 0. The predicted molar refractivity (Wildman–Crippen MR) is 105 cm³/mol. The maximum atomic E-state index is 13.1. The Balaban J connectivity index is 2.20. The van der Waals surface area contributed by atoms with Gasteiger partial charge in [0.1, 0.15) is 0 Å². The largest absolute Gasteiger partial charge is 0.299 e. The van der Waals surface area contributed by atoms with E-state index in [1.165, 1.54) is 0 Å². The molecule has 0 saturated heterocycles. The molecular formula is C19H20N4O6. The number of non-ortho nitro benzene ring substituents is 2. The number of nitro benzene ring substituents is 2. The minimum atomic E-state index is -0.666. The molecule has 152 valence electrons. The van der Waals surface area contributed by atoms with E-state index in [0.29, 0.717) is 0 Å². The summed E-state index contributed by atoms with van der Waals surface area (Å²) in [5, 5.41) is 22.9. The highest BCUT2D eigenvalue weighted by Gasteiger charge is 2.37. The molecule has 0 bridgehead atoms. The molecule has 1 unspecified atom stereocenters. The number of hydrogen-bond donors (Lipinski definition) is 0. The highest BCUT2D eigenvalue weighted by atomic mass is 16.6. The lowest BCUT2D eigenvalue weighted by molar-refractivity contribution is -0.385. The molecule has 0 aromatic heterocycles. The molecule has 1 atom stereocenters. The molecule has 0 radical (unpaired) electrons. The van der Waals surface area contributed by atoms with Crippen molar-refractivity contribution in [2.24, 2.45) is 0 Å². The van der Waals surface area contributed by atoms with Crippen molar-refractivity contribution in [3.63, 3.8) is 0 Å². The van der Waals surface area contributed by atoms with Crippen molar-refractivity contribution in [2.75, 3.05) is 19.6 Å². The molecule has 0 saturated carbocycles. The van der Waals surface area contributed by atoms with Crippen molar-refractivity contribution in [1.82, 2.24) is 9.80 Å². The molecule has 3 rings (SSSR count). The summed E-state index contributed by atoms with van der Waals surface area (Å²) >= 11 is 0. The van der Waals surface area contributed by atoms with Crippen molar-refractivity contribution in [3.05, 3.63) is 55.6 Å². The molecule has 0 fully saturated rings. The van der Waals surface area contributed by atoms with Crippen molar-refractivity contribution >= 4 is 34.0 Å². The Labute approximate surface area is 166 Å². The van der Waals surface area contributed by atoms with E-state index in [0.717, 1.165) is 42.3 Å². The van der Waals surface area contributed by atoms with E-state index in [4.69, 9.17) is 0 Å². The Kier molecular flexibility index (Phi) is 5.29. The lowest BCUT2D eigenvalue weighted by Crippen LogP contribution is -2.48. The van der Waals surface area contributed by atoms with Gasteiger partial charge in [0.25, 0.3) is 23.2 Å². The lowest BCUT2D eigenvalue weighted by atomic mass is 9.92. The molecule has 1 aliphatic rings. The van der Waals surface area contributed by atoms with Crippen LogP contribution < -0.4 is 0 Å². The lowest BCUT2D eigenvalue weighted by Gasteiger charge is -2.33. The van der Waals surface area contributed by atoms with Gasteiger partial charge in [0.2, 0.25) is 0 Å². The third kappa shape index (κ3) is 3.42. The Morgan fingerprint density at radius 2 is 1.38 bits per heavy atom. The zero-order valence-corrected chi connectivity index (χ0v) is 16.2. The molecule has 1 heterocycles. The van der Waals surface area contributed by atoms with Gasteiger partial charge in [0, 0.05) is 42.2 Å². The average Bonchev–Trinajstić information content (AvgIpc) is 2.69. The smallest absolute Gasteiger partial charge is 0.270 e. The molecule has 0 aliphatic carbocycles. The van der Waals surface area contributed by atoms with Crippen molar-refractivity contribution in [2.45, 2.75) is 26.8 Å². The fraction of sp³-hybridized carbons (Fsp3) is 0.368. The Morgan fingerprint density at radius 3 is 1.76 bits per heavy atom. The summed E-state index contributed by atoms with van der Waals surface area (Å²) in [5.74, 6) is -1.27. The van der Waals surface area contributed by atoms with Gasteiger partial charge in [-0.15, -0.1) is 0 Å². The third-order valence-electron chi connectivity index (χ3n) is 5.27. The molecule has 2 aromatic rings. The topological polar surface area (TPSA) is 127 Å². The first-order chi connectivity index (χ1) is 13.7. The molecule has 29 heavy (non-hydrogen) atoms. The highest BCUT2D eigenvalue weighted by molar-refractivity contribution is 6.26. The van der Waals surface area contributed by atoms with Gasteiger partial charge in [-0.05, 0) is 25.4 Å². The molecule has 1 aliphatic heterocycles. The van der Waals surface area contributed by atoms with E-state index in [1.807, 2.05) is 20.8 Å². The molecule has 10 nitrogen and oxygen atoms in total. The van der Waals surface area contributed by atoms with Crippen molar-refractivity contribution < 1.29 is 19.4 Å². The normalized spacial score (nSPS) is 14.6. The zero-order chi connectivity index (χ0) is 21.5. The monoisotopic (exact) mass is 400 g/mol. The van der Waals surface area contributed by atoms with Gasteiger partial charge in [-0.25, -0.2) is 0 Å². The van der Waals surface area contributed by atoms with Crippen molar-refractivity contribution in [1.29, 1.82) is 0 Å². The quantitative estimate of drug-likeness (QED) is 0.397. The first-order valence-electron chi connectivity index (χ1n) is 9.20. The van der Waals surface area contributed by atoms with Gasteiger partial charge in [-0.3, -0.25) is 39.6 Å². The second kappa shape index (κ2) is 7.55. The van der Waals surface area contributed by atoms with Crippen LogP contribution in [0, 0.1) is 20.2 Å². The third-order valence-corrected chi connectivity index (χ3v) is 5.27. The second-order valence-electron chi connectivity index (χ2n) is 6.89. The number of rotatable bonds is 7. The van der Waals surface area contributed by atoms with Crippen LogP contribution in [-0.4, -0.2) is 57.1 Å². The van der Waals surface area contributed by atoms with Crippen LogP contribution in [0.4, 0.5) is 11.4 Å². The number of nitrogens with zero attached hydrogens (tertiary/aromatic N) is 4. The van der Waals surface area contributed by atoms with Gasteiger partial charge < -0.3 is 0 Å². The van der Waals surface area contributed by atoms with Crippen LogP contribution in [0.1, 0.15) is 41.5 Å². The zero-order valence-electron chi connectivity index (χ0n) is 16.2. The summed E-state index contributed by atoms with van der Waals surface area (Å²) in [5.41, 5.74) is -0.715. The summed E-state index contributed by atoms with van der Waals surface area (Å²) in [6, 6.07) is 4.39. The number of carbonyl (C=O) groups excluding carboxylic acids is 2. The second-order valence-corrected chi connectivity index (χ2v) is 6.89. The summed E-state index contributed by atoms with van der Waals surface area (Å²) < 4.78 is 0. The number of benzene rings is 2. The molecule has 0 spiro atoms. The van der Waals surface area contributed by atoms with Crippen molar-refractivity contribution in [3.8, 4) is 0 Å². The van der Waals surface area contributed by atoms with Crippen LogP contribution in [0.25, 0.3) is 10.8 Å². The fourth-order valence-electron chi connectivity index (χ4n) is 3.81. The maximum absolute atomic E-state index is 13.1. The SMILES string of the molecule is CCN(CC)C(C)CN1C(=O)c2cc([N+](=O)[O-])cc3cc([N+](=O)[O-])cc(c23)C1=O. The first-order valence-corrected chi connectivity index (χ1v) is 9.20. The average molecular weight is 400 g/mol. The van der Waals surface area contributed by atoms with Crippen LogP contribution in [0.15, 0.2) is 24.3 Å². The van der Waals surface area contributed by atoms with Crippen LogP contribution >= 0.6 is 0 Å². The van der Waals surface area contributed by atoms with Crippen LogP contribution in [0.5, 0.6) is 0 Å². The first kappa shape index (κ1) is 20.3. The van der Waals surface area contributed by atoms with Crippen LogP contribution in [0.2, 0.25) is 0 Å². The molecule has 2 aromatic carbocycles. The molecule has 2 amide bonds. The van der Waals surface area contributed by atoms with E-state index < -0.39 is 21.7 Å². The Bertz CT molecular complexity index is 978.